The summed E-state index contributed by atoms with van der Waals surface area (Å²) >= 11 is 6.45. The van der Waals surface area contributed by atoms with Crippen LogP contribution in [0, 0.1) is 5.41 Å². The summed E-state index contributed by atoms with van der Waals surface area (Å²) in [7, 11) is 0. The first kappa shape index (κ1) is 26.5. The lowest BCUT2D eigenvalue weighted by atomic mass is 9.89. The van der Waals surface area contributed by atoms with Crippen molar-refractivity contribution in [3.8, 4) is 5.75 Å². The summed E-state index contributed by atoms with van der Waals surface area (Å²) in [5, 5.41) is 2.98. The number of carbonyl (C=O) groups excluding carboxylic acids is 2. The molecule has 0 bridgehead atoms. The number of anilines is 1. The summed E-state index contributed by atoms with van der Waals surface area (Å²) in [5.41, 5.74) is 0.146. The molecular formula is C25H40ClNO3. The lowest BCUT2D eigenvalue weighted by molar-refractivity contribution is -0.130. The maximum Gasteiger partial charge on any atom is 0.231 e. The van der Waals surface area contributed by atoms with E-state index in [2.05, 4.69) is 19.2 Å². The smallest absolute Gasteiger partial charge is 0.231 e. The van der Waals surface area contributed by atoms with Crippen molar-refractivity contribution in [2.24, 2.45) is 5.41 Å². The average molecular weight is 438 g/mol. The highest BCUT2D eigenvalue weighted by Gasteiger charge is 2.23. The normalized spacial score (nSPS) is 13.5. The molecule has 0 fully saturated rings. The number of carbonyl (C=O) groups is 2. The Bertz CT molecular complexity index is 637. The van der Waals surface area contributed by atoms with Crippen molar-refractivity contribution in [3.63, 3.8) is 0 Å². The number of benzene rings is 1. The van der Waals surface area contributed by atoms with Gasteiger partial charge in [-0.3, -0.25) is 9.59 Å². The van der Waals surface area contributed by atoms with E-state index >= 15 is 0 Å². The Morgan fingerprint density at radius 2 is 1.63 bits per heavy atom. The summed E-state index contributed by atoms with van der Waals surface area (Å²) in [6, 6.07) is 7.26. The summed E-state index contributed by atoms with van der Waals surface area (Å²) in [6.45, 7) is 9.73. The summed E-state index contributed by atoms with van der Waals surface area (Å²) in [6.07, 6.45) is 9.27. The first-order valence-electron chi connectivity index (χ1n) is 11.4. The van der Waals surface area contributed by atoms with E-state index in [0.717, 1.165) is 25.0 Å². The molecule has 0 aliphatic rings. The maximum absolute atomic E-state index is 12.0. The van der Waals surface area contributed by atoms with Crippen LogP contribution in [0.3, 0.4) is 0 Å². The molecule has 0 aliphatic carbocycles. The Morgan fingerprint density at radius 3 is 2.23 bits per heavy atom. The van der Waals surface area contributed by atoms with Gasteiger partial charge in [0, 0.05) is 16.5 Å². The number of hydrogen-bond acceptors (Lipinski definition) is 3. The Kier molecular flexibility index (Phi) is 12.1. The van der Waals surface area contributed by atoms with Gasteiger partial charge in [-0.1, -0.05) is 59.8 Å². The number of ketones is 1. The van der Waals surface area contributed by atoms with E-state index in [1.54, 1.807) is 12.1 Å². The number of hydrogen-bond donors (Lipinski definition) is 1. The fraction of sp³-hybridized carbons (Fsp3) is 0.680. The van der Waals surface area contributed by atoms with Gasteiger partial charge in [-0.2, -0.15) is 0 Å². The Balaban J connectivity index is 2.32. The second-order valence-corrected chi connectivity index (χ2v) is 9.85. The van der Waals surface area contributed by atoms with Gasteiger partial charge in [-0.05, 0) is 50.5 Å². The molecule has 1 aromatic carbocycles. The minimum Gasteiger partial charge on any atom is -0.491 e. The van der Waals surface area contributed by atoms with Crippen LogP contribution < -0.4 is 10.1 Å². The zero-order chi connectivity index (χ0) is 22.6. The van der Waals surface area contributed by atoms with E-state index in [0.29, 0.717) is 5.69 Å². The molecule has 0 radical (unpaired) electrons. The van der Waals surface area contributed by atoms with Gasteiger partial charge in [0.25, 0.3) is 0 Å². The molecule has 5 heteroatoms. The van der Waals surface area contributed by atoms with E-state index in [1.807, 2.05) is 32.9 Å². The summed E-state index contributed by atoms with van der Waals surface area (Å²) in [5.74, 6) is 0.393. The number of nitrogens with one attached hydrogen (secondary N) is 1. The third-order valence-corrected chi connectivity index (χ3v) is 5.58. The highest BCUT2D eigenvalue weighted by atomic mass is 35.5. The van der Waals surface area contributed by atoms with E-state index in [1.165, 1.54) is 32.1 Å². The molecule has 0 saturated carbocycles. The molecule has 4 nitrogen and oxygen atoms in total. The largest absolute Gasteiger partial charge is 0.491 e. The molecule has 1 aromatic rings. The van der Waals surface area contributed by atoms with Gasteiger partial charge in [-0.25, -0.2) is 0 Å². The number of Topliss-reactive ketones (excluding diaryl/α,β-unsaturated/α-hetero) is 1. The van der Waals surface area contributed by atoms with Crippen molar-refractivity contribution in [2.75, 3.05) is 5.32 Å². The van der Waals surface area contributed by atoms with Gasteiger partial charge in [0.05, 0.1) is 12.5 Å². The zero-order valence-corrected chi connectivity index (χ0v) is 20.2. The van der Waals surface area contributed by atoms with E-state index in [4.69, 9.17) is 16.3 Å². The highest BCUT2D eigenvalue weighted by molar-refractivity contribution is 6.20. The SMILES string of the molecule is CCCCCCCC(Cl)CCC(C)Oc1ccc(NC(=O)CC(=O)C(C)(C)C)cc1. The van der Waals surface area contributed by atoms with Gasteiger partial charge in [0.1, 0.15) is 11.5 Å². The molecule has 2 atom stereocenters. The van der Waals surface area contributed by atoms with Gasteiger partial charge < -0.3 is 10.1 Å². The van der Waals surface area contributed by atoms with Crippen molar-refractivity contribution in [1.29, 1.82) is 0 Å². The Labute approximate surface area is 188 Å². The third-order valence-electron chi connectivity index (χ3n) is 5.14. The molecule has 0 aliphatic heterocycles. The number of rotatable bonds is 14. The third kappa shape index (κ3) is 11.6. The van der Waals surface area contributed by atoms with Crippen LogP contribution in [-0.4, -0.2) is 23.2 Å². The molecular weight excluding hydrogens is 398 g/mol. The number of halogens is 1. The van der Waals surface area contributed by atoms with Crippen LogP contribution in [0.5, 0.6) is 5.75 Å². The lowest BCUT2D eigenvalue weighted by Crippen LogP contribution is -2.26. The quantitative estimate of drug-likeness (QED) is 0.191. The van der Waals surface area contributed by atoms with Crippen LogP contribution in [0.4, 0.5) is 5.69 Å². The molecule has 0 spiro atoms. The van der Waals surface area contributed by atoms with Crippen LogP contribution in [0.15, 0.2) is 24.3 Å². The molecule has 0 saturated heterocycles. The fourth-order valence-corrected chi connectivity index (χ4v) is 3.33. The van der Waals surface area contributed by atoms with Crippen molar-refractivity contribution in [2.45, 2.75) is 104 Å². The molecule has 1 N–H and O–H groups in total. The predicted octanol–water partition coefficient (Wildman–Crippen LogP) is 7.15. The predicted molar refractivity (Wildman–Crippen MR) is 126 cm³/mol. The summed E-state index contributed by atoms with van der Waals surface area (Å²) < 4.78 is 5.97. The van der Waals surface area contributed by atoms with E-state index in [-0.39, 0.29) is 29.6 Å². The topological polar surface area (TPSA) is 55.4 Å². The monoisotopic (exact) mass is 437 g/mol. The zero-order valence-electron chi connectivity index (χ0n) is 19.4. The van der Waals surface area contributed by atoms with Gasteiger partial charge in [-0.15, -0.1) is 11.6 Å². The van der Waals surface area contributed by atoms with Crippen molar-refractivity contribution in [3.05, 3.63) is 24.3 Å². The minimum absolute atomic E-state index is 0.0765. The Morgan fingerprint density at radius 1 is 1.00 bits per heavy atom. The second-order valence-electron chi connectivity index (χ2n) is 9.23. The molecule has 170 valence electrons. The van der Waals surface area contributed by atoms with Crippen LogP contribution in [0.25, 0.3) is 0 Å². The first-order chi connectivity index (χ1) is 14.1. The van der Waals surface area contributed by atoms with Crippen LogP contribution in [-0.2, 0) is 9.59 Å². The Hall–Kier alpha value is -1.55. The second kappa shape index (κ2) is 13.7. The highest BCUT2D eigenvalue weighted by Crippen LogP contribution is 2.22. The van der Waals surface area contributed by atoms with Crippen LogP contribution in [0.1, 0.15) is 92.4 Å². The van der Waals surface area contributed by atoms with Crippen LogP contribution in [0.2, 0.25) is 0 Å². The van der Waals surface area contributed by atoms with Crippen molar-refractivity contribution >= 4 is 29.0 Å². The van der Waals surface area contributed by atoms with Gasteiger partial charge >= 0.3 is 0 Å². The number of amides is 1. The number of unbranched alkanes of at least 4 members (excludes halogenated alkanes) is 4. The van der Waals surface area contributed by atoms with Gasteiger partial charge in [0.15, 0.2) is 0 Å². The lowest BCUT2D eigenvalue weighted by Gasteiger charge is -2.17. The number of alkyl halides is 1. The van der Waals surface area contributed by atoms with Crippen molar-refractivity contribution < 1.29 is 14.3 Å². The number of ether oxygens (including phenoxy) is 1. The van der Waals surface area contributed by atoms with E-state index < -0.39 is 5.41 Å². The molecule has 30 heavy (non-hydrogen) atoms. The molecule has 1 amide bonds. The molecule has 1 rings (SSSR count). The van der Waals surface area contributed by atoms with Gasteiger partial charge in [0.2, 0.25) is 5.91 Å². The minimum atomic E-state index is -0.512. The fourth-order valence-electron chi connectivity index (χ4n) is 3.05. The average Bonchev–Trinajstić information content (AvgIpc) is 2.67. The molecule has 2 unspecified atom stereocenters. The van der Waals surface area contributed by atoms with Crippen LogP contribution >= 0.6 is 11.6 Å². The van der Waals surface area contributed by atoms with Crippen molar-refractivity contribution in [1.82, 2.24) is 0 Å². The van der Waals surface area contributed by atoms with E-state index in [9.17, 15) is 9.59 Å². The summed E-state index contributed by atoms with van der Waals surface area (Å²) in [4.78, 5) is 24.0. The molecule has 0 heterocycles. The molecule has 0 aromatic heterocycles. The maximum atomic E-state index is 12.0. The standard InChI is InChI=1S/C25H40ClNO3/c1-6-7-8-9-10-11-20(26)13-12-19(2)30-22-16-14-21(15-17-22)27-24(29)18-23(28)25(3,4)5/h14-17,19-20H,6-13,18H2,1-5H3,(H,27,29). The first-order valence-corrected chi connectivity index (χ1v) is 11.8.